The number of non-ortho nitro benzene ring substituents is 1. The van der Waals surface area contributed by atoms with Crippen LogP contribution in [0.1, 0.15) is 5.56 Å². The summed E-state index contributed by atoms with van der Waals surface area (Å²) in [5, 5.41) is 12.3. The van der Waals surface area contributed by atoms with Gasteiger partial charge in [-0.15, -0.1) is 0 Å². The summed E-state index contributed by atoms with van der Waals surface area (Å²) in [6, 6.07) is 12.0. The number of hydrogen-bond donors (Lipinski definition) is 1. The maximum absolute atomic E-state index is 12.4. The van der Waals surface area contributed by atoms with Crippen molar-refractivity contribution < 1.29 is 14.5 Å². The zero-order chi connectivity index (χ0) is 17.3. The topological polar surface area (TPSA) is 92.6 Å². The lowest BCUT2D eigenvalue weighted by molar-refractivity contribution is -0.384. The van der Waals surface area contributed by atoms with Gasteiger partial charge in [0, 0.05) is 17.2 Å². The van der Waals surface area contributed by atoms with Crippen LogP contribution < -0.4 is 10.4 Å². The smallest absolute Gasteiger partial charge is 0.267 e. The molecule has 1 aliphatic heterocycles. The highest BCUT2D eigenvalue weighted by molar-refractivity contribution is 6.32. The number of halogens is 1. The van der Waals surface area contributed by atoms with E-state index >= 15 is 0 Å². The molecular formula is C16H10ClN3O4. The number of benzene rings is 2. The number of hydrazine groups is 1. The summed E-state index contributed by atoms with van der Waals surface area (Å²) in [5.41, 5.74) is 3.33. The molecule has 1 heterocycles. The van der Waals surface area contributed by atoms with Gasteiger partial charge in [-0.2, -0.15) is 0 Å². The Kier molecular flexibility index (Phi) is 4.01. The summed E-state index contributed by atoms with van der Waals surface area (Å²) in [6.45, 7) is 0. The van der Waals surface area contributed by atoms with Gasteiger partial charge >= 0.3 is 0 Å². The molecule has 1 aliphatic rings. The molecule has 0 atom stereocenters. The van der Waals surface area contributed by atoms with Crippen LogP contribution in [0.2, 0.25) is 5.02 Å². The van der Waals surface area contributed by atoms with Crippen LogP contribution in [0.25, 0.3) is 6.08 Å². The SMILES string of the molecule is O=C1NN(c2ccc(Cl)cc2)C(=O)C1=Cc1ccc([N+](=O)[O-])cc1. The van der Waals surface area contributed by atoms with Gasteiger partial charge in [-0.05, 0) is 48.0 Å². The molecule has 0 radical (unpaired) electrons. The number of carbonyl (C=O) groups excluding carboxylic acids is 2. The third-order valence-corrected chi connectivity index (χ3v) is 3.64. The Bertz CT molecular complexity index is 860. The average Bonchev–Trinajstić information content (AvgIpc) is 2.84. The molecule has 7 nitrogen and oxygen atoms in total. The quantitative estimate of drug-likeness (QED) is 0.401. The predicted octanol–water partition coefficient (Wildman–Crippen LogP) is 2.71. The molecule has 0 saturated carbocycles. The predicted molar refractivity (Wildman–Crippen MR) is 88.2 cm³/mol. The normalized spacial score (nSPS) is 15.7. The monoisotopic (exact) mass is 343 g/mol. The first-order valence-corrected chi connectivity index (χ1v) is 7.20. The van der Waals surface area contributed by atoms with Crippen molar-refractivity contribution in [1.29, 1.82) is 0 Å². The lowest BCUT2D eigenvalue weighted by atomic mass is 10.1. The highest BCUT2D eigenvalue weighted by Crippen LogP contribution is 2.23. The zero-order valence-corrected chi connectivity index (χ0v) is 12.9. The van der Waals surface area contributed by atoms with Crippen LogP contribution in [-0.4, -0.2) is 16.7 Å². The minimum absolute atomic E-state index is 0.0567. The first-order chi connectivity index (χ1) is 11.5. The molecule has 120 valence electrons. The molecule has 0 unspecified atom stereocenters. The van der Waals surface area contributed by atoms with Gasteiger partial charge in [0.05, 0.1) is 10.6 Å². The molecule has 2 aromatic rings. The van der Waals surface area contributed by atoms with Crippen LogP contribution in [0.5, 0.6) is 0 Å². The molecular weight excluding hydrogens is 334 g/mol. The van der Waals surface area contributed by atoms with Crippen LogP contribution in [-0.2, 0) is 9.59 Å². The van der Waals surface area contributed by atoms with Gasteiger partial charge in [-0.1, -0.05) is 11.6 Å². The van der Waals surface area contributed by atoms with Crippen LogP contribution >= 0.6 is 11.6 Å². The van der Waals surface area contributed by atoms with Gasteiger partial charge in [0.2, 0.25) is 0 Å². The summed E-state index contributed by atoms with van der Waals surface area (Å²) in [6.07, 6.45) is 1.39. The minimum Gasteiger partial charge on any atom is -0.267 e. The van der Waals surface area contributed by atoms with Crippen LogP contribution in [0.3, 0.4) is 0 Å². The average molecular weight is 344 g/mol. The molecule has 3 rings (SSSR count). The van der Waals surface area contributed by atoms with Gasteiger partial charge in [0.15, 0.2) is 0 Å². The minimum atomic E-state index is -0.548. The molecule has 2 amide bonds. The van der Waals surface area contributed by atoms with E-state index in [-0.39, 0.29) is 11.3 Å². The maximum Gasteiger partial charge on any atom is 0.282 e. The highest BCUT2D eigenvalue weighted by Gasteiger charge is 2.34. The van der Waals surface area contributed by atoms with E-state index in [9.17, 15) is 19.7 Å². The Labute approximate surface area is 141 Å². The fraction of sp³-hybridized carbons (Fsp3) is 0. The standard InChI is InChI=1S/C16H10ClN3O4/c17-11-3-7-12(8-4-11)19-16(22)14(15(21)18-19)9-10-1-5-13(6-2-10)20(23)24/h1-9H,(H,18,21). The van der Waals surface area contributed by atoms with E-state index in [0.29, 0.717) is 16.3 Å². The molecule has 24 heavy (non-hydrogen) atoms. The third kappa shape index (κ3) is 2.97. The molecule has 1 N–H and O–H groups in total. The number of nitro groups is 1. The van der Waals surface area contributed by atoms with Crippen molar-refractivity contribution >= 4 is 40.9 Å². The molecule has 1 saturated heterocycles. The van der Waals surface area contributed by atoms with Gasteiger partial charge in [-0.3, -0.25) is 25.1 Å². The number of nitrogens with zero attached hydrogens (tertiary/aromatic N) is 2. The van der Waals surface area contributed by atoms with Gasteiger partial charge < -0.3 is 0 Å². The molecule has 1 fully saturated rings. The second-order valence-electron chi connectivity index (χ2n) is 4.96. The van der Waals surface area contributed by atoms with E-state index in [1.165, 1.54) is 30.3 Å². The number of nitrogens with one attached hydrogen (secondary N) is 1. The first kappa shape index (κ1) is 15.7. The van der Waals surface area contributed by atoms with E-state index in [1.807, 2.05) is 0 Å². The van der Waals surface area contributed by atoms with Crippen molar-refractivity contribution in [1.82, 2.24) is 5.43 Å². The Morgan fingerprint density at radius 1 is 1.04 bits per heavy atom. The van der Waals surface area contributed by atoms with E-state index < -0.39 is 16.7 Å². The Hall–Kier alpha value is -3.19. The number of rotatable bonds is 3. The van der Waals surface area contributed by atoms with Crippen molar-refractivity contribution in [3.63, 3.8) is 0 Å². The highest BCUT2D eigenvalue weighted by atomic mass is 35.5. The fourth-order valence-corrected chi connectivity index (χ4v) is 2.31. The summed E-state index contributed by atoms with van der Waals surface area (Å²) in [5.74, 6) is -1.06. The fourth-order valence-electron chi connectivity index (χ4n) is 2.19. The zero-order valence-electron chi connectivity index (χ0n) is 12.1. The third-order valence-electron chi connectivity index (χ3n) is 3.39. The van der Waals surface area contributed by atoms with Gasteiger partial charge in [-0.25, -0.2) is 5.01 Å². The lowest BCUT2D eigenvalue weighted by Crippen LogP contribution is -2.35. The number of hydrogen-bond acceptors (Lipinski definition) is 4. The lowest BCUT2D eigenvalue weighted by Gasteiger charge is -2.14. The number of carbonyl (C=O) groups is 2. The molecule has 0 aromatic heterocycles. The Balaban J connectivity index is 1.88. The van der Waals surface area contributed by atoms with Crippen molar-refractivity contribution in [3.8, 4) is 0 Å². The van der Waals surface area contributed by atoms with Gasteiger partial charge in [0.25, 0.3) is 17.5 Å². The molecule has 8 heteroatoms. The number of anilines is 1. The molecule has 0 aliphatic carbocycles. The first-order valence-electron chi connectivity index (χ1n) is 6.83. The second kappa shape index (κ2) is 6.13. The van der Waals surface area contributed by atoms with Gasteiger partial charge in [0.1, 0.15) is 5.57 Å². The summed E-state index contributed by atoms with van der Waals surface area (Å²) >= 11 is 5.80. The summed E-state index contributed by atoms with van der Waals surface area (Å²) in [4.78, 5) is 34.6. The van der Waals surface area contributed by atoms with Crippen molar-refractivity contribution in [2.45, 2.75) is 0 Å². The van der Waals surface area contributed by atoms with Crippen LogP contribution in [0.4, 0.5) is 11.4 Å². The largest absolute Gasteiger partial charge is 0.282 e. The van der Waals surface area contributed by atoms with Crippen molar-refractivity contribution in [2.75, 3.05) is 5.01 Å². The van der Waals surface area contributed by atoms with E-state index in [4.69, 9.17) is 11.6 Å². The Morgan fingerprint density at radius 2 is 1.67 bits per heavy atom. The van der Waals surface area contributed by atoms with Crippen LogP contribution in [0, 0.1) is 10.1 Å². The van der Waals surface area contributed by atoms with E-state index in [1.54, 1.807) is 24.3 Å². The van der Waals surface area contributed by atoms with Crippen LogP contribution in [0.15, 0.2) is 54.1 Å². The van der Waals surface area contributed by atoms with E-state index in [0.717, 1.165) is 5.01 Å². The number of nitro benzene ring substituents is 1. The Morgan fingerprint density at radius 3 is 2.25 bits per heavy atom. The van der Waals surface area contributed by atoms with Crippen molar-refractivity contribution in [2.24, 2.45) is 0 Å². The number of amides is 2. The summed E-state index contributed by atoms with van der Waals surface area (Å²) in [7, 11) is 0. The molecule has 0 bridgehead atoms. The summed E-state index contributed by atoms with van der Waals surface area (Å²) < 4.78 is 0. The molecule has 2 aromatic carbocycles. The second-order valence-corrected chi connectivity index (χ2v) is 5.40. The molecule has 0 spiro atoms. The van der Waals surface area contributed by atoms with E-state index in [2.05, 4.69) is 5.43 Å². The maximum atomic E-state index is 12.4. The van der Waals surface area contributed by atoms with Crippen molar-refractivity contribution in [3.05, 3.63) is 74.8 Å².